The van der Waals surface area contributed by atoms with Gasteiger partial charge in [0.25, 0.3) is 0 Å². The highest BCUT2D eigenvalue weighted by molar-refractivity contribution is 7.99. The van der Waals surface area contributed by atoms with Crippen molar-refractivity contribution in [1.29, 1.82) is 0 Å². The molecule has 0 saturated heterocycles. The Labute approximate surface area is 112 Å². The van der Waals surface area contributed by atoms with Crippen LogP contribution in [0.2, 0.25) is 0 Å². The highest BCUT2D eigenvalue weighted by Crippen LogP contribution is 2.07. The number of rotatable bonds is 7. The molecule has 0 aromatic carbocycles. The third kappa shape index (κ3) is 11.5. The molecule has 0 saturated carbocycles. The molecule has 7 heteroatoms. The van der Waals surface area contributed by atoms with Crippen LogP contribution in [-0.2, 0) is 14.3 Å². The topological polar surface area (TPSA) is 90.6 Å². The predicted molar refractivity (Wildman–Crippen MR) is 71.3 cm³/mol. The average Bonchev–Trinajstić information content (AvgIpc) is 2.22. The quantitative estimate of drug-likeness (QED) is 0.411. The van der Waals surface area contributed by atoms with Crippen molar-refractivity contribution in [1.82, 2.24) is 5.32 Å². The summed E-state index contributed by atoms with van der Waals surface area (Å²) in [6.45, 7) is 6.13. The van der Waals surface area contributed by atoms with Crippen LogP contribution >= 0.6 is 11.8 Å². The van der Waals surface area contributed by atoms with Gasteiger partial charge in [-0.15, -0.1) is 11.8 Å². The zero-order valence-electron chi connectivity index (χ0n) is 11.2. The summed E-state index contributed by atoms with van der Waals surface area (Å²) in [7, 11) is 0. The van der Waals surface area contributed by atoms with Crippen LogP contribution in [0.3, 0.4) is 0 Å². The lowest BCUT2D eigenvalue weighted by atomic mass is 10.2. The highest BCUT2D eigenvalue weighted by atomic mass is 32.2. The Hall–Kier alpha value is -0.950. The third-order valence-electron chi connectivity index (χ3n) is 1.55. The number of nitrogens with two attached hydrogens (primary N) is 1. The first-order valence-corrected chi connectivity index (χ1v) is 6.91. The molecule has 0 atom stereocenters. The Morgan fingerprint density at radius 3 is 2.56 bits per heavy atom. The van der Waals surface area contributed by atoms with Crippen LogP contribution in [0.5, 0.6) is 0 Å². The second-order valence-electron chi connectivity index (χ2n) is 4.51. The van der Waals surface area contributed by atoms with E-state index in [0.29, 0.717) is 6.54 Å². The van der Waals surface area contributed by atoms with Crippen LogP contribution in [0.4, 0.5) is 4.79 Å². The third-order valence-corrected chi connectivity index (χ3v) is 2.36. The summed E-state index contributed by atoms with van der Waals surface area (Å²) in [6.07, 6.45) is -0.412. The average molecular weight is 278 g/mol. The monoisotopic (exact) mass is 278 g/mol. The minimum atomic E-state index is -0.539. The van der Waals surface area contributed by atoms with E-state index in [9.17, 15) is 9.59 Å². The van der Waals surface area contributed by atoms with Crippen molar-refractivity contribution in [3.63, 3.8) is 0 Å². The van der Waals surface area contributed by atoms with E-state index in [-0.39, 0.29) is 24.9 Å². The Kier molecular flexibility index (Phi) is 8.57. The van der Waals surface area contributed by atoms with Gasteiger partial charge >= 0.3 is 12.1 Å². The molecule has 0 unspecified atom stereocenters. The molecule has 0 spiro atoms. The fraction of sp³-hybridized carbons (Fsp3) is 0.818. The van der Waals surface area contributed by atoms with Gasteiger partial charge in [-0.25, -0.2) is 4.79 Å². The lowest BCUT2D eigenvalue weighted by Gasteiger charge is -2.19. The number of ether oxygens (including phenoxy) is 2. The van der Waals surface area contributed by atoms with Crippen LogP contribution in [0.15, 0.2) is 0 Å². The molecule has 0 aromatic heterocycles. The Balaban J connectivity index is 3.53. The highest BCUT2D eigenvalue weighted by Gasteiger charge is 2.16. The van der Waals surface area contributed by atoms with Gasteiger partial charge < -0.3 is 20.5 Å². The molecule has 0 bridgehead atoms. The second-order valence-corrected chi connectivity index (χ2v) is 5.56. The van der Waals surface area contributed by atoms with E-state index in [4.69, 9.17) is 15.2 Å². The summed E-state index contributed by atoms with van der Waals surface area (Å²) in [5.74, 6) is 0.654. The second kappa shape index (κ2) is 9.04. The number of alkyl carbamates (subject to hydrolysis) is 1. The molecule has 0 rings (SSSR count). The molecule has 106 valence electrons. The van der Waals surface area contributed by atoms with Crippen molar-refractivity contribution in [2.24, 2.45) is 5.73 Å². The molecule has 0 heterocycles. The number of thioether (sulfide) groups is 1. The zero-order chi connectivity index (χ0) is 14.0. The van der Waals surface area contributed by atoms with Gasteiger partial charge in [-0.3, -0.25) is 4.79 Å². The normalized spacial score (nSPS) is 10.9. The molecule has 0 radical (unpaired) electrons. The summed E-state index contributed by atoms with van der Waals surface area (Å²) >= 11 is 1.43. The van der Waals surface area contributed by atoms with Crippen LogP contribution in [0.1, 0.15) is 27.2 Å². The SMILES string of the molecule is CC(C)(C)OC(=O)CCNC(=O)OCSCCN. The molecule has 0 aliphatic rings. The first kappa shape index (κ1) is 17.1. The summed E-state index contributed by atoms with van der Waals surface area (Å²) < 4.78 is 9.92. The van der Waals surface area contributed by atoms with Gasteiger partial charge in [-0.2, -0.15) is 0 Å². The van der Waals surface area contributed by atoms with Crippen molar-refractivity contribution < 1.29 is 19.1 Å². The van der Waals surface area contributed by atoms with Crippen molar-refractivity contribution in [2.45, 2.75) is 32.8 Å². The lowest BCUT2D eigenvalue weighted by molar-refractivity contribution is -0.154. The Bertz CT molecular complexity index is 266. The lowest BCUT2D eigenvalue weighted by Crippen LogP contribution is -2.30. The van der Waals surface area contributed by atoms with E-state index in [2.05, 4.69) is 5.32 Å². The van der Waals surface area contributed by atoms with Gasteiger partial charge in [0.05, 0.1) is 6.42 Å². The smallest absolute Gasteiger partial charge is 0.407 e. The molecular formula is C11H22N2O4S. The van der Waals surface area contributed by atoms with E-state index < -0.39 is 11.7 Å². The molecular weight excluding hydrogens is 256 g/mol. The van der Waals surface area contributed by atoms with Crippen molar-refractivity contribution in [3.8, 4) is 0 Å². The van der Waals surface area contributed by atoms with Crippen molar-refractivity contribution >= 4 is 23.8 Å². The van der Waals surface area contributed by atoms with Crippen LogP contribution < -0.4 is 11.1 Å². The fourth-order valence-electron chi connectivity index (χ4n) is 0.948. The number of nitrogens with one attached hydrogen (secondary N) is 1. The van der Waals surface area contributed by atoms with Crippen molar-refractivity contribution in [2.75, 3.05) is 24.8 Å². The van der Waals surface area contributed by atoms with E-state index in [1.807, 2.05) is 0 Å². The van der Waals surface area contributed by atoms with Gasteiger partial charge in [0.1, 0.15) is 11.5 Å². The van der Waals surface area contributed by atoms with Gasteiger partial charge in [-0.05, 0) is 20.8 Å². The van der Waals surface area contributed by atoms with Gasteiger partial charge in [0, 0.05) is 18.8 Å². The maximum absolute atomic E-state index is 11.3. The number of hydrogen-bond acceptors (Lipinski definition) is 6. The summed E-state index contributed by atoms with van der Waals surface area (Å²) in [4.78, 5) is 22.4. The molecule has 18 heavy (non-hydrogen) atoms. The summed E-state index contributed by atoms with van der Waals surface area (Å²) in [5.41, 5.74) is 4.78. The molecule has 0 aliphatic carbocycles. The minimum absolute atomic E-state index is 0.127. The molecule has 1 amide bonds. The molecule has 0 aromatic rings. The molecule has 6 nitrogen and oxygen atoms in total. The molecule has 3 N–H and O–H groups in total. The molecule has 0 fully saturated rings. The van der Waals surface area contributed by atoms with Crippen LogP contribution in [0, 0.1) is 0 Å². The largest absolute Gasteiger partial charge is 0.460 e. The first-order valence-electron chi connectivity index (χ1n) is 5.75. The number of carbonyl (C=O) groups excluding carboxylic acids is 2. The first-order chi connectivity index (χ1) is 8.35. The maximum atomic E-state index is 11.3. The van der Waals surface area contributed by atoms with Gasteiger partial charge in [-0.1, -0.05) is 0 Å². The summed E-state index contributed by atoms with van der Waals surface area (Å²) in [5, 5.41) is 2.47. The predicted octanol–water partition coefficient (Wildman–Crippen LogP) is 1.09. The van der Waals surface area contributed by atoms with Gasteiger partial charge in [0.15, 0.2) is 0 Å². The number of esters is 1. The number of amides is 1. The number of hydrogen-bond donors (Lipinski definition) is 2. The summed E-state index contributed by atoms with van der Waals surface area (Å²) in [6, 6.07) is 0. The zero-order valence-corrected chi connectivity index (χ0v) is 12.0. The standard InChI is InChI=1S/C11H22N2O4S/c1-11(2,3)17-9(14)4-6-13-10(15)16-8-18-7-5-12/h4-8,12H2,1-3H3,(H,13,15). The minimum Gasteiger partial charge on any atom is -0.460 e. The fourth-order valence-corrected chi connectivity index (χ4v) is 1.42. The Morgan fingerprint density at radius 1 is 1.33 bits per heavy atom. The van der Waals surface area contributed by atoms with E-state index in [0.717, 1.165) is 5.75 Å². The van der Waals surface area contributed by atoms with E-state index in [1.165, 1.54) is 11.8 Å². The van der Waals surface area contributed by atoms with Crippen LogP contribution in [0.25, 0.3) is 0 Å². The molecule has 0 aliphatic heterocycles. The van der Waals surface area contributed by atoms with Crippen molar-refractivity contribution in [3.05, 3.63) is 0 Å². The van der Waals surface area contributed by atoms with Crippen LogP contribution in [-0.4, -0.2) is 42.4 Å². The van der Waals surface area contributed by atoms with E-state index in [1.54, 1.807) is 20.8 Å². The number of carbonyl (C=O) groups is 2. The maximum Gasteiger partial charge on any atom is 0.407 e. The van der Waals surface area contributed by atoms with E-state index >= 15 is 0 Å². The van der Waals surface area contributed by atoms with Gasteiger partial charge in [0.2, 0.25) is 0 Å². The Morgan fingerprint density at radius 2 is 2.00 bits per heavy atom.